The summed E-state index contributed by atoms with van der Waals surface area (Å²) >= 11 is 0. The second kappa shape index (κ2) is 14.3. The number of Topliss-reactive ketones (excluding diaryl/α,β-unsaturated/α-hetero) is 1. The average Bonchev–Trinajstić information content (AvgIpc) is 2.86. The molecule has 0 aliphatic rings. The first-order valence-corrected chi connectivity index (χ1v) is 11.8. The highest BCUT2D eigenvalue weighted by Crippen LogP contribution is 2.15. The maximum atomic E-state index is 12.3. The van der Waals surface area contributed by atoms with E-state index in [9.17, 15) is 24.0 Å². The summed E-state index contributed by atoms with van der Waals surface area (Å²) in [5.74, 6) is -2.14. The second-order valence-corrected chi connectivity index (χ2v) is 8.80. The molecule has 38 heavy (non-hydrogen) atoms. The van der Waals surface area contributed by atoms with Gasteiger partial charge < -0.3 is 18.9 Å². The Labute approximate surface area is 220 Å². The molecule has 0 saturated carbocycles. The molecule has 0 spiro atoms. The molecule has 0 unspecified atom stereocenters. The fraction of sp³-hybridized carbons (Fsp3) is 0.333. The molecule has 1 N–H and O–H groups in total. The van der Waals surface area contributed by atoms with Crippen LogP contribution in [0.1, 0.15) is 66.8 Å². The van der Waals surface area contributed by atoms with E-state index in [0.29, 0.717) is 16.9 Å². The third-order valence-electron chi connectivity index (χ3n) is 4.52. The van der Waals surface area contributed by atoms with E-state index in [4.69, 9.17) is 18.9 Å². The van der Waals surface area contributed by atoms with Crippen LogP contribution in [0, 0.1) is 0 Å². The van der Waals surface area contributed by atoms with Crippen LogP contribution in [-0.2, 0) is 23.8 Å². The van der Waals surface area contributed by atoms with Gasteiger partial charge in [-0.05, 0) is 69.7 Å². The van der Waals surface area contributed by atoms with Crippen molar-refractivity contribution in [3.05, 3.63) is 65.2 Å². The predicted molar refractivity (Wildman–Crippen MR) is 136 cm³/mol. The Hall–Kier alpha value is -4.54. The normalized spacial score (nSPS) is 10.9. The molecule has 0 aromatic heterocycles. The monoisotopic (exact) mass is 526 g/mol. The van der Waals surface area contributed by atoms with E-state index in [1.165, 1.54) is 42.6 Å². The van der Waals surface area contributed by atoms with E-state index in [1.54, 1.807) is 39.8 Å². The molecule has 11 nitrogen and oxygen atoms in total. The van der Waals surface area contributed by atoms with Crippen molar-refractivity contribution < 1.29 is 42.9 Å². The van der Waals surface area contributed by atoms with Gasteiger partial charge in [0.25, 0.3) is 0 Å². The van der Waals surface area contributed by atoms with Gasteiger partial charge in [-0.25, -0.2) is 19.8 Å². The van der Waals surface area contributed by atoms with E-state index in [2.05, 4.69) is 10.5 Å². The molecule has 0 aliphatic heterocycles. The van der Waals surface area contributed by atoms with Gasteiger partial charge in [0.05, 0.1) is 24.8 Å². The van der Waals surface area contributed by atoms with Crippen LogP contribution >= 0.6 is 0 Å². The molecule has 0 saturated heterocycles. The molecule has 0 aliphatic carbocycles. The summed E-state index contributed by atoms with van der Waals surface area (Å²) in [6.07, 6.45) is 0.208. The van der Waals surface area contributed by atoms with Crippen molar-refractivity contribution >= 4 is 36.0 Å². The molecule has 1 amide bonds. The van der Waals surface area contributed by atoms with Crippen LogP contribution in [0.15, 0.2) is 53.6 Å². The molecule has 0 atom stereocenters. The Morgan fingerprint density at radius 2 is 1.50 bits per heavy atom. The van der Waals surface area contributed by atoms with Gasteiger partial charge in [0.15, 0.2) is 12.4 Å². The van der Waals surface area contributed by atoms with Gasteiger partial charge in [0, 0.05) is 12.0 Å². The molecule has 0 fully saturated rings. The summed E-state index contributed by atoms with van der Waals surface area (Å²) in [6, 6.07) is 12.0. The van der Waals surface area contributed by atoms with E-state index in [0.717, 1.165) is 0 Å². The smallest absolute Gasteiger partial charge is 0.428 e. The number of rotatable bonds is 11. The van der Waals surface area contributed by atoms with E-state index in [-0.39, 0.29) is 37.4 Å². The van der Waals surface area contributed by atoms with E-state index in [1.807, 2.05) is 0 Å². The second-order valence-electron chi connectivity index (χ2n) is 8.80. The zero-order valence-electron chi connectivity index (χ0n) is 21.6. The lowest BCUT2D eigenvalue weighted by Gasteiger charge is -2.18. The van der Waals surface area contributed by atoms with Crippen LogP contribution in [0.25, 0.3) is 0 Å². The van der Waals surface area contributed by atoms with Crippen LogP contribution in [-0.4, -0.2) is 54.8 Å². The van der Waals surface area contributed by atoms with Crippen molar-refractivity contribution in [2.24, 2.45) is 5.10 Å². The zero-order chi connectivity index (χ0) is 28.1. The number of hydrogen-bond acceptors (Lipinski definition) is 10. The highest BCUT2D eigenvalue weighted by Gasteiger charge is 2.17. The fourth-order valence-electron chi connectivity index (χ4n) is 2.82. The molecule has 2 aromatic carbocycles. The number of hydrazone groups is 1. The quantitative estimate of drug-likeness (QED) is 0.115. The lowest BCUT2D eigenvalue weighted by atomic mass is 10.1. The number of benzene rings is 2. The van der Waals surface area contributed by atoms with E-state index >= 15 is 0 Å². The van der Waals surface area contributed by atoms with Crippen molar-refractivity contribution in [3.8, 4) is 5.75 Å². The van der Waals surface area contributed by atoms with Crippen LogP contribution in [0.4, 0.5) is 4.79 Å². The molecule has 0 heterocycles. The van der Waals surface area contributed by atoms with Crippen LogP contribution in [0.2, 0.25) is 0 Å². The summed E-state index contributed by atoms with van der Waals surface area (Å²) in [6.45, 7) is 6.87. The van der Waals surface area contributed by atoms with Crippen LogP contribution < -0.4 is 10.2 Å². The van der Waals surface area contributed by atoms with Gasteiger partial charge in [-0.2, -0.15) is 5.10 Å². The van der Waals surface area contributed by atoms with Gasteiger partial charge in [-0.1, -0.05) is 12.1 Å². The summed E-state index contributed by atoms with van der Waals surface area (Å²) in [4.78, 5) is 59.5. The minimum absolute atomic E-state index is 0.125. The average molecular weight is 527 g/mol. The van der Waals surface area contributed by atoms with Gasteiger partial charge >= 0.3 is 24.0 Å². The topological polar surface area (TPSA) is 147 Å². The van der Waals surface area contributed by atoms with Gasteiger partial charge in [-0.15, -0.1) is 0 Å². The molecule has 0 bridgehead atoms. The third-order valence-corrected chi connectivity index (χ3v) is 4.52. The number of nitrogens with one attached hydrogen (secondary N) is 1. The predicted octanol–water partition coefficient (Wildman–Crippen LogP) is 3.83. The van der Waals surface area contributed by atoms with Crippen molar-refractivity contribution in [2.75, 3.05) is 13.2 Å². The number of carbonyl (C=O) groups is 5. The van der Waals surface area contributed by atoms with Crippen molar-refractivity contribution in [1.29, 1.82) is 0 Å². The van der Waals surface area contributed by atoms with E-state index < -0.39 is 29.6 Å². The number of carbonyl (C=O) groups excluding carboxylic acids is 5. The molecule has 202 valence electrons. The molecule has 11 heteroatoms. The van der Waals surface area contributed by atoms with Gasteiger partial charge in [0.2, 0.25) is 0 Å². The Kier molecular flexibility index (Phi) is 11.1. The highest BCUT2D eigenvalue weighted by molar-refractivity contribution is 6.00. The first-order chi connectivity index (χ1) is 18.0. The van der Waals surface area contributed by atoms with Gasteiger partial charge in [0.1, 0.15) is 11.4 Å². The lowest BCUT2D eigenvalue weighted by Crippen LogP contribution is -2.29. The van der Waals surface area contributed by atoms with Crippen molar-refractivity contribution in [1.82, 2.24) is 5.43 Å². The first kappa shape index (κ1) is 29.7. The minimum Gasteiger partial charge on any atom is -0.482 e. The van der Waals surface area contributed by atoms with Crippen LogP contribution in [0.3, 0.4) is 0 Å². The molecule has 2 rings (SSSR count). The Morgan fingerprint density at radius 3 is 2.11 bits per heavy atom. The standard InChI is InChI=1S/C27H30N2O9/c1-5-35-24(32)17-36-21-12-10-19(11-13-21)22(30)14-15-23(31)37-25(33)20-8-6-18(7-9-20)16-28-29-26(34)38-27(2,3)4/h6-13,16H,5,14-15,17H2,1-4H3,(H,29,34). The summed E-state index contributed by atoms with van der Waals surface area (Å²) < 4.78 is 19.9. The largest absolute Gasteiger partial charge is 0.482 e. The molecule has 0 radical (unpaired) electrons. The first-order valence-electron chi connectivity index (χ1n) is 11.8. The highest BCUT2D eigenvalue weighted by atomic mass is 16.6. The van der Waals surface area contributed by atoms with Crippen LogP contribution in [0.5, 0.6) is 5.75 Å². The number of hydrogen-bond donors (Lipinski definition) is 1. The Morgan fingerprint density at radius 1 is 0.868 bits per heavy atom. The molecule has 2 aromatic rings. The van der Waals surface area contributed by atoms with Gasteiger partial charge in [-0.3, -0.25) is 9.59 Å². The SMILES string of the molecule is CCOC(=O)COc1ccc(C(=O)CCC(=O)OC(=O)c2ccc(C=NNC(=O)OC(C)(C)C)cc2)cc1. The number of ketones is 1. The Bertz CT molecular complexity index is 1160. The number of ether oxygens (including phenoxy) is 4. The fourth-order valence-corrected chi connectivity index (χ4v) is 2.82. The Balaban J connectivity index is 1.77. The zero-order valence-corrected chi connectivity index (χ0v) is 21.6. The summed E-state index contributed by atoms with van der Waals surface area (Å²) in [7, 11) is 0. The molecular formula is C27H30N2O9. The summed E-state index contributed by atoms with van der Waals surface area (Å²) in [5, 5.41) is 3.76. The number of nitrogens with zero attached hydrogens (tertiary/aromatic N) is 1. The summed E-state index contributed by atoms with van der Waals surface area (Å²) in [5.41, 5.74) is 2.61. The molecular weight excluding hydrogens is 496 g/mol. The van der Waals surface area contributed by atoms with Crippen molar-refractivity contribution in [2.45, 2.75) is 46.1 Å². The maximum Gasteiger partial charge on any atom is 0.428 e. The number of amides is 1. The third kappa shape index (κ3) is 11.0. The number of esters is 3. The minimum atomic E-state index is -0.860. The van der Waals surface area contributed by atoms with Crippen molar-refractivity contribution in [3.63, 3.8) is 0 Å². The lowest BCUT2D eigenvalue weighted by molar-refractivity contribution is -0.145. The maximum absolute atomic E-state index is 12.3.